The van der Waals surface area contributed by atoms with E-state index < -0.39 is 5.97 Å². The highest BCUT2D eigenvalue weighted by Crippen LogP contribution is 2.27. The van der Waals surface area contributed by atoms with Gasteiger partial charge in [-0.3, -0.25) is 9.78 Å². The highest BCUT2D eigenvalue weighted by molar-refractivity contribution is 5.75. The molecule has 0 bridgehead atoms. The minimum absolute atomic E-state index is 0.0695. The van der Waals surface area contributed by atoms with Crippen LogP contribution in [0.1, 0.15) is 6.42 Å². The van der Waals surface area contributed by atoms with Crippen LogP contribution in [0.4, 0.5) is 10.5 Å². The molecule has 0 aliphatic carbocycles. The van der Waals surface area contributed by atoms with Crippen LogP contribution in [0.5, 0.6) is 5.75 Å². The number of carbonyl (C=O) groups excluding carboxylic acids is 1. The Labute approximate surface area is 128 Å². The number of nitrogens with one attached hydrogen (secondary N) is 1. The zero-order valence-electron chi connectivity index (χ0n) is 12.5. The van der Waals surface area contributed by atoms with Crippen molar-refractivity contribution in [3.8, 4) is 5.75 Å². The summed E-state index contributed by atoms with van der Waals surface area (Å²) in [5.74, 6) is -0.211. The summed E-state index contributed by atoms with van der Waals surface area (Å²) in [7, 11) is 1.60. The fourth-order valence-corrected chi connectivity index (χ4v) is 2.33. The average molecular weight is 308 g/mol. The summed E-state index contributed by atoms with van der Waals surface area (Å²) in [5, 5.41) is 11.2. The monoisotopic (exact) mass is 308 g/mol. The topological polar surface area (TPSA) is 95.0 Å². The van der Waals surface area contributed by atoms with Crippen molar-refractivity contribution in [3.05, 3.63) is 18.5 Å². The number of carboxylic acids is 1. The number of aromatic nitrogens is 1. The summed E-state index contributed by atoms with van der Waals surface area (Å²) in [6.45, 7) is 2.67. The molecular formula is C14H20N4O4. The van der Waals surface area contributed by atoms with Crippen LogP contribution < -0.4 is 15.0 Å². The Morgan fingerprint density at radius 3 is 2.73 bits per heavy atom. The standard InChI is InChI=1S/C14H20N4O4/c1-22-12-10-15-4-2-11(12)17-6-8-18(9-7-17)14(21)16-5-3-13(19)20/h2,4,10H,3,5-9H2,1H3,(H,16,21)(H,19,20). The first-order valence-electron chi connectivity index (χ1n) is 7.09. The summed E-state index contributed by atoms with van der Waals surface area (Å²) in [6, 6.07) is 1.67. The number of pyridine rings is 1. The van der Waals surface area contributed by atoms with Crippen molar-refractivity contribution in [2.45, 2.75) is 6.42 Å². The highest BCUT2D eigenvalue weighted by atomic mass is 16.5. The molecule has 0 spiro atoms. The van der Waals surface area contributed by atoms with E-state index in [4.69, 9.17) is 9.84 Å². The number of ether oxygens (including phenoxy) is 1. The number of anilines is 1. The van der Waals surface area contributed by atoms with Gasteiger partial charge in [-0.15, -0.1) is 0 Å². The smallest absolute Gasteiger partial charge is 0.317 e. The summed E-state index contributed by atoms with van der Waals surface area (Å²) in [5.41, 5.74) is 0.962. The molecule has 2 amide bonds. The van der Waals surface area contributed by atoms with Gasteiger partial charge in [0.1, 0.15) is 0 Å². The number of hydrogen-bond acceptors (Lipinski definition) is 5. The van der Waals surface area contributed by atoms with Crippen LogP contribution in [0.3, 0.4) is 0 Å². The second-order valence-electron chi connectivity index (χ2n) is 4.90. The lowest BCUT2D eigenvalue weighted by Crippen LogP contribution is -2.52. The van der Waals surface area contributed by atoms with Gasteiger partial charge in [-0.1, -0.05) is 0 Å². The highest BCUT2D eigenvalue weighted by Gasteiger charge is 2.22. The quantitative estimate of drug-likeness (QED) is 0.817. The first-order valence-corrected chi connectivity index (χ1v) is 7.09. The van der Waals surface area contributed by atoms with Gasteiger partial charge in [0.2, 0.25) is 0 Å². The lowest BCUT2D eigenvalue weighted by atomic mass is 10.2. The van der Waals surface area contributed by atoms with Crippen LogP contribution in [0.2, 0.25) is 0 Å². The second-order valence-corrected chi connectivity index (χ2v) is 4.90. The van der Waals surface area contributed by atoms with E-state index in [0.717, 1.165) is 5.69 Å². The molecule has 2 rings (SSSR count). The molecule has 1 aromatic rings. The van der Waals surface area contributed by atoms with Crippen molar-refractivity contribution >= 4 is 17.7 Å². The van der Waals surface area contributed by atoms with Gasteiger partial charge in [0.15, 0.2) is 5.75 Å². The van der Waals surface area contributed by atoms with Crippen LogP contribution >= 0.6 is 0 Å². The van der Waals surface area contributed by atoms with Crippen molar-refractivity contribution < 1.29 is 19.4 Å². The summed E-state index contributed by atoms with van der Waals surface area (Å²) in [4.78, 5) is 30.2. The molecule has 0 radical (unpaired) electrons. The van der Waals surface area contributed by atoms with E-state index in [0.29, 0.717) is 31.9 Å². The lowest BCUT2D eigenvalue weighted by molar-refractivity contribution is -0.136. The SMILES string of the molecule is COc1cnccc1N1CCN(C(=O)NCCC(=O)O)CC1. The van der Waals surface area contributed by atoms with E-state index in [2.05, 4.69) is 15.2 Å². The molecule has 0 aromatic carbocycles. The maximum atomic E-state index is 11.9. The normalized spacial score (nSPS) is 14.6. The molecule has 8 nitrogen and oxygen atoms in total. The molecule has 1 fully saturated rings. The van der Waals surface area contributed by atoms with Crippen molar-refractivity contribution in [3.63, 3.8) is 0 Å². The van der Waals surface area contributed by atoms with Crippen molar-refractivity contribution in [1.29, 1.82) is 0 Å². The van der Waals surface area contributed by atoms with Gasteiger partial charge >= 0.3 is 12.0 Å². The number of amides is 2. The molecule has 0 saturated carbocycles. The van der Waals surface area contributed by atoms with Crippen LogP contribution in [0.25, 0.3) is 0 Å². The summed E-state index contributed by atoms with van der Waals surface area (Å²) in [6.07, 6.45) is 3.31. The number of aliphatic carboxylic acids is 1. The van der Waals surface area contributed by atoms with Crippen molar-refractivity contribution in [2.75, 3.05) is 44.7 Å². The van der Waals surface area contributed by atoms with E-state index in [9.17, 15) is 9.59 Å². The van der Waals surface area contributed by atoms with Crippen molar-refractivity contribution in [2.24, 2.45) is 0 Å². The molecule has 2 N–H and O–H groups in total. The molecule has 1 aliphatic heterocycles. The molecule has 2 heterocycles. The summed E-state index contributed by atoms with van der Waals surface area (Å²) < 4.78 is 5.30. The maximum Gasteiger partial charge on any atom is 0.317 e. The Balaban J connectivity index is 1.85. The molecule has 1 aromatic heterocycles. The van der Waals surface area contributed by atoms with E-state index >= 15 is 0 Å². The van der Waals surface area contributed by atoms with Gasteiger partial charge in [0.05, 0.1) is 25.4 Å². The average Bonchev–Trinajstić information content (AvgIpc) is 2.54. The van der Waals surface area contributed by atoms with E-state index in [1.54, 1.807) is 24.4 Å². The number of carbonyl (C=O) groups is 2. The van der Waals surface area contributed by atoms with Crippen LogP contribution in [-0.2, 0) is 4.79 Å². The minimum Gasteiger partial charge on any atom is -0.493 e. The second kappa shape index (κ2) is 7.48. The maximum absolute atomic E-state index is 11.9. The zero-order valence-corrected chi connectivity index (χ0v) is 12.5. The Morgan fingerprint density at radius 1 is 1.36 bits per heavy atom. The number of urea groups is 1. The van der Waals surface area contributed by atoms with Crippen molar-refractivity contribution in [1.82, 2.24) is 15.2 Å². The minimum atomic E-state index is -0.921. The van der Waals surface area contributed by atoms with Crippen LogP contribution in [-0.4, -0.2) is 66.8 Å². The Hall–Kier alpha value is -2.51. The van der Waals surface area contributed by atoms with Gasteiger partial charge in [-0.25, -0.2) is 4.79 Å². The van der Waals surface area contributed by atoms with Gasteiger partial charge < -0.3 is 25.0 Å². The fraction of sp³-hybridized carbons (Fsp3) is 0.500. The van der Waals surface area contributed by atoms with E-state index in [-0.39, 0.29) is 19.0 Å². The molecule has 22 heavy (non-hydrogen) atoms. The molecular weight excluding hydrogens is 288 g/mol. The molecule has 120 valence electrons. The number of rotatable bonds is 5. The van der Waals surface area contributed by atoms with Gasteiger partial charge in [-0.05, 0) is 6.07 Å². The molecule has 8 heteroatoms. The van der Waals surface area contributed by atoms with Gasteiger partial charge in [0, 0.05) is 38.9 Å². The molecule has 0 atom stereocenters. The van der Waals surface area contributed by atoms with Crippen LogP contribution in [0.15, 0.2) is 18.5 Å². The van der Waals surface area contributed by atoms with Crippen LogP contribution in [0, 0.1) is 0 Å². The number of methoxy groups -OCH3 is 1. The van der Waals surface area contributed by atoms with E-state index in [1.807, 2.05) is 6.07 Å². The molecule has 0 unspecified atom stereocenters. The van der Waals surface area contributed by atoms with Gasteiger partial charge in [-0.2, -0.15) is 0 Å². The third-order valence-electron chi connectivity index (χ3n) is 3.51. The summed E-state index contributed by atoms with van der Waals surface area (Å²) >= 11 is 0. The molecule has 1 aliphatic rings. The first kappa shape index (κ1) is 15.9. The lowest BCUT2D eigenvalue weighted by Gasteiger charge is -2.36. The third-order valence-corrected chi connectivity index (χ3v) is 3.51. The predicted molar refractivity (Wildman–Crippen MR) is 80.2 cm³/mol. The third kappa shape index (κ3) is 4.00. The number of piperazine rings is 1. The number of nitrogens with zero attached hydrogens (tertiary/aromatic N) is 3. The Bertz CT molecular complexity index is 529. The van der Waals surface area contributed by atoms with Gasteiger partial charge in [0.25, 0.3) is 0 Å². The van der Waals surface area contributed by atoms with E-state index in [1.165, 1.54) is 0 Å². The zero-order chi connectivity index (χ0) is 15.9. The Morgan fingerprint density at radius 2 is 2.09 bits per heavy atom. The first-order chi connectivity index (χ1) is 10.6. The predicted octanol–water partition coefficient (Wildman–Crippen LogP) is 0.396. The number of carboxylic acid groups (broad SMARTS) is 1. The number of hydrogen-bond donors (Lipinski definition) is 2. The molecule has 1 saturated heterocycles. The Kier molecular flexibility index (Phi) is 5.40. The largest absolute Gasteiger partial charge is 0.493 e. The fourth-order valence-electron chi connectivity index (χ4n) is 2.33.